The quantitative estimate of drug-likeness (QED) is 0.359. The van der Waals surface area contributed by atoms with Crippen molar-refractivity contribution < 1.29 is 9.83 Å². The number of hydrazine groups is 1. The molecule has 0 atom stereocenters. The standard InChI is InChI=1S/C2H4N2O3.H3N/c1-2(5)3-4(6)7;/h1H3,(H,3,5);1H3. The van der Waals surface area contributed by atoms with Crippen LogP contribution in [0.25, 0.3) is 0 Å². The largest absolute Gasteiger partial charge is 0.344 e. The van der Waals surface area contributed by atoms with Crippen molar-refractivity contribution in [3.8, 4) is 0 Å². The summed E-state index contributed by atoms with van der Waals surface area (Å²) in [7, 11) is 0. The van der Waals surface area contributed by atoms with Gasteiger partial charge in [0.05, 0.1) is 0 Å². The van der Waals surface area contributed by atoms with Crippen LogP contribution >= 0.6 is 0 Å². The number of hydrogen-bond donors (Lipinski definition) is 2. The third kappa shape index (κ3) is 8.85. The second-order valence-electron chi connectivity index (χ2n) is 0.925. The first kappa shape index (κ1) is 9.95. The van der Waals surface area contributed by atoms with Gasteiger partial charge in [0.15, 0.2) is 5.03 Å². The van der Waals surface area contributed by atoms with Gasteiger partial charge < -0.3 is 6.15 Å². The minimum Gasteiger partial charge on any atom is -0.344 e. The summed E-state index contributed by atoms with van der Waals surface area (Å²) in [5.41, 5.74) is 1.39. The molecule has 0 aliphatic rings. The van der Waals surface area contributed by atoms with Gasteiger partial charge in [-0.15, -0.1) is 0 Å². The molecule has 8 heavy (non-hydrogen) atoms. The molecule has 0 aromatic carbocycles. The lowest BCUT2D eigenvalue weighted by Crippen LogP contribution is -2.26. The van der Waals surface area contributed by atoms with E-state index in [1.54, 1.807) is 0 Å². The first-order valence-corrected chi connectivity index (χ1v) is 1.54. The van der Waals surface area contributed by atoms with Crippen molar-refractivity contribution in [2.24, 2.45) is 0 Å². The van der Waals surface area contributed by atoms with E-state index in [4.69, 9.17) is 0 Å². The predicted octanol–water partition coefficient (Wildman–Crippen LogP) is -0.524. The maximum Gasteiger partial charge on any atom is 0.277 e. The number of hydrogen-bond acceptors (Lipinski definition) is 4. The van der Waals surface area contributed by atoms with Crippen LogP contribution in [0, 0.1) is 10.1 Å². The zero-order valence-electron chi connectivity index (χ0n) is 4.38. The summed E-state index contributed by atoms with van der Waals surface area (Å²) in [5, 5.41) is 8.38. The van der Waals surface area contributed by atoms with Crippen molar-refractivity contribution in [2.45, 2.75) is 6.92 Å². The molecule has 0 saturated carbocycles. The molecule has 0 aliphatic carbocycles. The van der Waals surface area contributed by atoms with Gasteiger partial charge in [-0.25, -0.2) is 10.1 Å². The predicted molar refractivity (Wildman–Crippen MR) is 25.8 cm³/mol. The van der Waals surface area contributed by atoms with E-state index in [2.05, 4.69) is 0 Å². The van der Waals surface area contributed by atoms with Crippen molar-refractivity contribution in [2.75, 3.05) is 0 Å². The zero-order valence-corrected chi connectivity index (χ0v) is 4.38. The Balaban J connectivity index is 0. The second kappa shape index (κ2) is 4.00. The lowest BCUT2D eigenvalue weighted by Gasteiger charge is -1.83. The van der Waals surface area contributed by atoms with E-state index in [1.807, 2.05) is 0 Å². The van der Waals surface area contributed by atoms with Crippen molar-refractivity contribution in [1.29, 1.82) is 0 Å². The highest BCUT2D eigenvalue weighted by Crippen LogP contribution is 1.57. The summed E-state index contributed by atoms with van der Waals surface area (Å²) in [5.74, 6) is -0.662. The van der Waals surface area contributed by atoms with Gasteiger partial charge in [-0.05, 0) is 0 Å². The fourth-order valence-electron chi connectivity index (χ4n) is 0.129. The van der Waals surface area contributed by atoms with E-state index < -0.39 is 10.9 Å². The molecule has 48 valence electrons. The lowest BCUT2D eigenvalue weighted by atomic mass is 10.8. The topological polar surface area (TPSA) is 107 Å². The number of amides is 1. The van der Waals surface area contributed by atoms with Crippen LogP contribution in [0.15, 0.2) is 0 Å². The highest BCUT2D eigenvalue weighted by atomic mass is 16.7. The summed E-state index contributed by atoms with van der Waals surface area (Å²) in [4.78, 5) is 19.0. The average Bonchev–Trinajstić information content (AvgIpc) is 1.27. The highest BCUT2D eigenvalue weighted by molar-refractivity contribution is 5.71. The third-order valence-electron chi connectivity index (χ3n) is 0.249. The first-order chi connectivity index (χ1) is 3.13. The van der Waals surface area contributed by atoms with E-state index in [-0.39, 0.29) is 6.15 Å². The molecule has 1 amide bonds. The Hall–Kier alpha value is -1.17. The number of rotatable bonds is 1. The van der Waals surface area contributed by atoms with Crippen molar-refractivity contribution >= 4 is 5.91 Å². The molecule has 0 bridgehead atoms. The Bertz CT molecular complexity index is 88.7. The summed E-state index contributed by atoms with van der Waals surface area (Å²) < 4.78 is 0. The number of carbonyl (C=O) groups is 1. The maximum atomic E-state index is 9.70. The van der Waals surface area contributed by atoms with Gasteiger partial charge in [-0.3, -0.25) is 4.79 Å². The van der Waals surface area contributed by atoms with Crippen LogP contribution in [0.1, 0.15) is 6.92 Å². The first-order valence-electron chi connectivity index (χ1n) is 1.54. The van der Waals surface area contributed by atoms with Gasteiger partial charge in [0, 0.05) is 6.92 Å². The zero-order chi connectivity index (χ0) is 5.86. The van der Waals surface area contributed by atoms with E-state index >= 15 is 0 Å². The molecule has 4 N–H and O–H groups in total. The van der Waals surface area contributed by atoms with Crippen molar-refractivity contribution in [3.05, 3.63) is 10.1 Å². The maximum absolute atomic E-state index is 9.70. The fourth-order valence-corrected chi connectivity index (χ4v) is 0.129. The van der Waals surface area contributed by atoms with Crippen LogP contribution in [-0.2, 0) is 4.79 Å². The van der Waals surface area contributed by atoms with Crippen molar-refractivity contribution in [1.82, 2.24) is 11.6 Å². The summed E-state index contributed by atoms with van der Waals surface area (Å²) in [6.45, 7) is 1.07. The number of nitrogens with zero attached hydrogens (tertiary/aromatic N) is 1. The molecule has 0 aliphatic heterocycles. The van der Waals surface area contributed by atoms with Gasteiger partial charge in [0.25, 0.3) is 5.91 Å². The molecule has 0 fully saturated rings. The van der Waals surface area contributed by atoms with Gasteiger partial charge in [-0.1, -0.05) is 5.43 Å². The van der Waals surface area contributed by atoms with Crippen LogP contribution in [0.2, 0.25) is 0 Å². The second-order valence-corrected chi connectivity index (χ2v) is 0.925. The molecule has 0 aromatic rings. The molecular weight excluding hydrogens is 114 g/mol. The normalized spacial score (nSPS) is 6.62. The Kier molecular flexibility index (Phi) is 4.98. The molecule has 6 heteroatoms. The van der Waals surface area contributed by atoms with Crippen LogP contribution in [0.3, 0.4) is 0 Å². The Labute approximate surface area is 45.6 Å². The smallest absolute Gasteiger partial charge is 0.277 e. The SMILES string of the molecule is CC(=O)N[N+](=O)[O-].N. The van der Waals surface area contributed by atoms with Gasteiger partial charge >= 0.3 is 0 Å². The number of nitro groups is 1. The average molecular weight is 121 g/mol. The third-order valence-corrected chi connectivity index (χ3v) is 0.249. The van der Waals surface area contributed by atoms with Crippen LogP contribution < -0.4 is 11.6 Å². The molecule has 0 aromatic heterocycles. The Morgan fingerprint density at radius 3 is 2.12 bits per heavy atom. The van der Waals surface area contributed by atoms with Gasteiger partial charge in [0.1, 0.15) is 0 Å². The molecular formula is C2H7N3O3. The summed E-state index contributed by atoms with van der Waals surface area (Å²) in [6, 6.07) is 0. The van der Waals surface area contributed by atoms with Gasteiger partial charge in [0.2, 0.25) is 0 Å². The van der Waals surface area contributed by atoms with E-state index in [1.165, 1.54) is 5.43 Å². The molecule has 0 saturated heterocycles. The highest BCUT2D eigenvalue weighted by Gasteiger charge is 1.94. The Morgan fingerprint density at radius 1 is 1.75 bits per heavy atom. The van der Waals surface area contributed by atoms with Crippen LogP contribution in [0.5, 0.6) is 0 Å². The van der Waals surface area contributed by atoms with E-state index in [9.17, 15) is 14.9 Å². The lowest BCUT2D eigenvalue weighted by molar-refractivity contribution is -0.529. The van der Waals surface area contributed by atoms with Gasteiger partial charge in [-0.2, -0.15) is 0 Å². The molecule has 0 unspecified atom stereocenters. The van der Waals surface area contributed by atoms with E-state index in [0.29, 0.717) is 0 Å². The number of carbonyl (C=O) groups excluding carboxylic acids is 1. The van der Waals surface area contributed by atoms with Crippen LogP contribution in [0.4, 0.5) is 0 Å². The molecule has 0 heterocycles. The van der Waals surface area contributed by atoms with Crippen molar-refractivity contribution in [3.63, 3.8) is 0 Å². The monoisotopic (exact) mass is 121 g/mol. The fraction of sp³-hybridized carbons (Fsp3) is 0.500. The van der Waals surface area contributed by atoms with E-state index in [0.717, 1.165) is 6.92 Å². The minimum absolute atomic E-state index is 0. The van der Waals surface area contributed by atoms with Crippen LogP contribution in [-0.4, -0.2) is 10.9 Å². The molecule has 0 rings (SSSR count). The number of nitrogens with one attached hydrogen (secondary N) is 1. The molecule has 6 nitrogen and oxygen atoms in total. The molecule has 0 radical (unpaired) electrons. The summed E-state index contributed by atoms with van der Waals surface area (Å²) in [6.07, 6.45) is 0. The summed E-state index contributed by atoms with van der Waals surface area (Å²) >= 11 is 0. The minimum atomic E-state index is -0.900. The Morgan fingerprint density at radius 2 is 2.12 bits per heavy atom. The molecule has 0 spiro atoms.